The predicted molar refractivity (Wildman–Crippen MR) is 75.8 cm³/mol. The van der Waals surface area contributed by atoms with E-state index in [1.54, 1.807) is 18.2 Å². The Balaban J connectivity index is 2.31. The van der Waals surface area contributed by atoms with E-state index in [-0.39, 0.29) is 18.0 Å². The lowest BCUT2D eigenvalue weighted by atomic mass is 9.94. The molecule has 1 fully saturated rings. The van der Waals surface area contributed by atoms with E-state index in [0.717, 1.165) is 0 Å². The molecule has 0 amide bonds. The van der Waals surface area contributed by atoms with E-state index in [1.807, 2.05) is 6.92 Å². The van der Waals surface area contributed by atoms with Crippen LogP contribution in [0.2, 0.25) is 0 Å². The largest absolute Gasteiger partial charge is 0.387 e. The van der Waals surface area contributed by atoms with Crippen molar-refractivity contribution in [2.75, 3.05) is 13.1 Å². The van der Waals surface area contributed by atoms with Gasteiger partial charge in [0, 0.05) is 22.0 Å². The van der Waals surface area contributed by atoms with Crippen molar-refractivity contribution >= 4 is 41.9 Å². The van der Waals surface area contributed by atoms with Crippen LogP contribution in [0.25, 0.3) is 0 Å². The number of hydrogen-bond donors (Lipinski definition) is 1. The van der Waals surface area contributed by atoms with Crippen LogP contribution in [0.1, 0.15) is 13.3 Å². The van der Waals surface area contributed by atoms with Crippen LogP contribution in [-0.2, 0) is 10.0 Å². The van der Waals surface area contributed by atoms with E-state index in [0.29, 0.717) is 15.4 Å². The molecule has 0 aliphatic carbocycles. The van der Waals surface area contributed by atoms with Crippen LogP contribution in [0, 0.1) is 0 Å². The van der Waals surface area contributed by atoms with Crippen molar-refractivity contribution in [1.82, 2.24) is 4.31 Å². The fourth-order valence-corrected chi connectivity index (χ4v) is 4.88. The summed E-state index contributed by atoms with van der Waals surface area (Å²) in [7, 11) is -3.54. The molecule has 1 aromatic carbocycles. The Morgan fingerprint density at radius 2 is 2.00 bits per heavy atom. The van der Waals surface area contributed by atoms with Crippen LogP contribution < -0.4 is 0 Å². The topological polar surface area (TPSA) is 57.6 Å². The van der Waals surface area contributed by atoms with Crippen molar-refractivity contribution < 1.29 is 13.5 Å². The molecule has 0 spiro atoms. The van der Waals surface area contributed by atoms with Crippen molar-refractivity contribution in [1.29, 1.82) is 0 Å². The van der Waals surface area contributed by atoms with Crippen LogP contribution in [0.5, 0.6) is 0 Å². The summed E-state index contributed by atoms with van der Waals surface area (Å²) >= 11 is 6.51. The monoisotopic (exact) mass is 397 g/mol. The Bertz CT molecular complexity index is 568. The molecule has 4 nitrogen and oxygen atoms in total. The zero-order valence-electron chi connectivity index (χ0n) is 9.73. The highest BCUT2D eigenvalue weighted by Gasteiger charge is 2.46. The molecule has 0 aromatic heterocycles. The highest BCUT2D eigenvalue weighted by molar-refractivity contribution is 9.11. The molecule has 2 rings (SSSR count). The first kappa shape index (κ1) is 14.5. The molecule has 0 bridgehead atoms. The van der Waals surface area contributed by atoms with Gasteiger partial charge < -0.3 is 5.11 Å². The summed E-state index contributed by atoms with van der Waals surface area (Å²) in [5.74, 6) is 0. The highest BCUT2D eigenvalue weighted by Crippen LogP contribution is 2.34. The first-order chi connectivity index (χ1) is 8.28. The molecule has 100 valence electrons. The maximum atomic E-state index is 12.4. The SMILES string of the molecule is CCC1(O)CN(S(=O)(=O)c2cc(Br)ccc2Br)C1. The Morgan fingerprint density at radius 1 is 1.39 bits per heavy atom. The summed E-state index contributed by atoms with van der Waals surface area (Å²) in [6.07, 6.45) is 0.554. The summed E-state index contributed by atoms with van der Waals surface area (Å²) < 4.78 is 27.2. The van der Waals surface area contributed by atoms with E-state index >= 15 is 0 Å². The second kappa shape index (κ2) is 4.86. The van der Waals surface area contributed by atoms with Crippen LogP contribution in [0.3, 0.4) is 0 Å². The fraction of sp³-hybridized carbons (Fsp3) is 0.455. The van der Waals surface area contributed by atoms with Gasteiger partial charge in [0.2, 0.25) is 10.0 Å². The minimum Gasteiger partial charge on any atom is -0.387 e. The van der Waals surface area contributed by atoms with Crippen LogP contribution in [0.4, 0.5) is 0 Å². The molecule has 0 radical (unpaired) electrons. The van der Waals surface area contributed by atoms with Gasteiger partial charge in [0.15, 0.2) is 0 Å². The molecular weight excluding hydrogens is 386 g/mol. The molecule has 1 saturated heterocycles. The number of benzene rings is 1. The summed E-state index contributed by atoms with van der Waals surface area (Å²) in [5.41, 5.74) is -0.869. The van der Waals surface area contributed by atoms with Gasteiger partial charge in [-0.05, 0) is 40.5 Å². The fourth-order valence-electron chi connectivity index (χ4n) is 1.82. The minimum atomic E-state index is -3.54. The number of halogens is 2. The van der Waals surface area contributed by atoms with Gasteiger partial charge in [0.25, 0.3) is 0 Å². The standard InChI is InChI=1S/C11H13Br2NO3S/c1-2-11(15)6-14(7-11)18(16,17)10-5-8(12)3-4-9(10)13/h3-5,15H,2,6-7H2,1H3. The van der Waals surface area contributed by atoms with Crippen molar-refractivity contribution in [3.63, 3.8) is 0 Å². The van der Waals surface area contributed by atoms with Crippen LogP contribution in [0.15, 0.2) is 32.0 Å². The molecular formula is C11H13Br2NO3S. The van der Waals surface area contributed by atoms with Gasteiger partial charge in [-0.2, -0.15) is 4.31 Å². The molecule has 0 saturated carbocycles. The Morgan fingerprint density at radius 3 is 2.56 bits per heavy atom. The van der Waals surface area contributed by atoms with Crippen molar-refractivity contribution in [2.45, 2.75) is 23.8 Å². The normalized spacial score (nSPS) is 19.6. The average Bonchev–Trinajstić information content (AvgIpc) is 2.28. The van der Waals surface area contributed by atoms with Gasteiger partial charge in [-0.15, -0.1) is 0 Å². The van der Waals surface area contributed by atoms with E-state index in [9.17, 15) is 13.5 Å². The average molecular weight is 399 g/mol. The highest BCUT2D eigenvalue weighted by atomic mass is 79.9. The predicted octanol–water partition coefficient (Wildman–Crippen LogP) is 2.36. The number of aliphatic hydroxyl groups is 1. The Labute approximate surface area is 123 Å². The Kier molecular flexibility index (Phi) is 3.91. The molecule has 1 aromatic rings. The smallest absolute Gasteiger partial charge is 0.244 e. The molecule has 18 heavy (non-hydrogen) atoms. The van der Waals surface area contributed by atoms with Crippen molar-refractivity contribution in [2.24, 2.45) is 0 Å². The number of hydrogen-bond acceptors (Lipinski definition) is 3. The van der Waals surface area contributed by atoms with Gasteiger partial charge in [-0.25, -0.2) is 8.42 Å². The first-order valence-corrected chi connectivity index (χ1v) is 8.49. The maximum Gasteiger partial charge on any atom is 0.244 e. The summed E-state index contributed by atoms with van der Waals surface area (Å²) in [4.78, 5) is 0.218. The van der Waals surface area contributed by atoms with Gasteiger partial charge in [0.05, 0.1) is 10.5 Å². The maximum absolute atomic E-state index is 12.4. The number of nitrogens with zero attached hydrogens (tertiary/aromatic N) is 1. The van der Waals surface area contributed by atoms with Crippen LogP contribution >= 0.6 is 31.9 Å². The zero-order chi connectivity index (χ0) is 13.6. The van der Waals surface area contributed by atoms with E-state index < -0.39 is 15.6 Å². The lowest BCUT2D eigenvalue weighted by Crippen LogP contribution is -2.62. The first-order valence-electron chi connectivity index (χ1n) is 5.46. The second-order valence-corrected chi connectivity index (χ2v) is 8.10. The third-order valence-electron chi connectivity index (χ3n) is 3.11. The molecule has 1 aliphatic heterocycles. The quantitative estimate of drug-likeness (QED) is 0.850. The van der Waals surface area contributed by atoms with E-state index in [2.05, 4.69) is 31.9 Å². The molecule has 1 aliphatic rings. The number of sulfonamides is 1. The van der Waals surface area contributed by atoms with E-state index in [4.69, 9.17) is 0 Å². The Hall–Kier alpha value is 0.0500. The van der Waals surface area contributed by atoms with Crippen LogP contribution in [-0.4, -0.2) is 36.5 Å². The van der Waals surface area contributed by atoms with Crippen molar-refractivity contribution in [3.8, 4) is 0 Å². The molecule has 7 heteroatoms. The van der Waals surface area contributed by atoms with Gasteiger partial charge in [0.1, 0.15) is 0 Å². The molecule has 1 heterocycles. The molecule has 1 N–H and O–H groups in total. The van der Waals surface area contributed by atoms with Gasteiger partial charge in [-0.3, -0.25) is 0 Å². The minimum absolute atomic E-state index is 0.158. The molecule has 0 atom stereocenters. The van der Waals surface area contributed by atoms with Gasteiger partial charge in [-0.1, -0.05) is 22.9 Å². The number of β-amino-alcohol motifs (C(OH)–C–C–N with tert-alkyl or cyclic N) is 1. The third-order valence-corrected chi connectivity index (χ3v) is 6.39. The third kappa shape index (κ3) is 2.51. The van der Waals surface area contributed by atoms with Crippen molar-refractivity contribution in [3.05, 3.63) is 27.1 Å². The van der Waals surface area contributed by atoms with Gasteiger partial charge >= 0.3 is 0 Å². The summed E-state index contributed by atoms with van der Waals surface area (Å²) in [6.45, 7) is 2.16. The van der Waals surface area contributed by atoms with E-state index in [1.165, 1.54) is 4.31 Å². The number of rotatable bonds is 3. The lowest BCUT2D eigenvalue weighted by Gasteiger charge is -2.44. The summed E-state index contributed by atoms with van der Waals surface area (Å²) in [6, 6.07) is 5.01. The second-order valence-electron chi connectivity index (χ2n) is 4.43. The molecule has 0 unspecified atom stereocenters. The zero-order valence-corrected chi connectivity index (χ0v) is 13.7. The lowest BCUT2D eigenvalue weighted by molar-refractivity contribution is -0.0613. The summed E-state index contributed by atoms with van der Waals surface area (Å²) in [5, 5.41) is 9.90.